The van der Waals surface area contributed by atoms with Gasteiger partial charge in [0.2, 0.25) is 0 Å². The summed E-state index contributed by atoms with van der Waals surface area (Å²) in [4.78, 5) is 0. The molecule has 3 heteroatoms. The van der Waals surface area contributed by atoms with Crippen LogP contribution in [0.15, 0.2) is 27.1 Å². The van der Waals surface area contributed by atoms with Gasteiger partial charge in [-0.15, -0.1) is 0 Å². The minimum Gasteiger partial charge on any atom is -0.310 e. The molecule has 18 heavy (non-hydrogen) atoms. The van der Waals surface area contributed by atoms with E-state index in [2.05, 4.69) is 62.3 Å². The molecule has 0 radical (unpaired) electrons. The number of hydrogen-bond donors (Lipinski definition) is 1. The molecule has 1 aromatic rings. The summed E-state index contributed by atoms with van der Waals surface area (Å²) in [6.45, 7) is 3.40. The summed E-state index contributed by atoms with van der Waals surface area (Å²) in [5.41, 5.74) is 1.34. The molecule has 2 rings (SSSR count). The molecule has 1 N–H and O–H groups in total. The average Bonchev–Trinajstić information content (AvgIpc) is 2.37. The lowest BCUT2D eigenvalue weighted by Crippen LogP contribution is -2.27. The fourth-order valence-corrected chi connectivity index (χ4v) is 4.09. The van der Waals surface area contributed by atoms with Crippen LogP contribution in [0, 0.1) is 5.92 Å². The average molecular weight is 375 g/mol. The molecular formula is C15H21Br2N. The van der Waals surface area contributed by atoms with Crippen LogP contribution in [0.3, 0.4) is 0 Å². The first-order valence-corrected chi connectivity index (χ1v) is 8.43. The van der Waals surface area contributed by atoms with E-state index >= 15 is 0 Å². The normalized spacial score (nSPS) is 18.8. The summed E-state index contributed by atoms with van der Waals surface area (Å²) in [6.07, 6.45) is 7.08. The first-order chi connectivity index (χ1) is 8.66. The molecule has 1 unspecified atom stereocenters. The largest absolute Gasteiger partial charge is 0.310 e. The molecule has 0 heterocycles. The number of rotatable bonds is 4. The molecule has 0 aromatic heterocycles. The van der Waals surface area contributed by atoms with Crippen LogP contribution in [0.25, 0.3) is 0 Å². The minimum atomic E-state index is 0.411. The first kappa shape index (κ1) is 14.5. The lowest BCUT2D eigenvalue weighted by Gasteiger charge is -2.24. The van der Waals surface area contributed by atoms with Crippen molar-refractivity contribution in [2.75, 3.05) is 6.54 Å². The summed E-state index contributed by atoms with van der Waals surface area (Å²) in [6, 6.07) is 6.83. The second-order valence-electron chi connectivity index (χ2n) is 5.30. The third-order valence-electron chi connectivity index (χ3n) is 3.87. The van der Waals surface area contributed by atoms with E-state index in [9.17, 15) is 0 Å². The Morgan fingerprint density at radius 3 is 2.61 bits per heavy atom. The van der Waals surface area contributed by atoms with Crippen molar-refractivity contribution in [1.82, 2.24) is 5.32 Å². The van der Waals surface area contributed by atoms with Gasteiger partial charge >= 0.3 is 0 Å². The van der Waals surface area contributed by atoms with Crippen molar-refractivity contribution in [3.63, 3.8) is 0 Å². The van der Waals surface area contributed by atoms with Gasteiger partial charge in [0.15, 0.2) is 0 Å². The fraction of sp³-hybridized carbons (Fsp3) is 0.600. The molecule has 1 aliphatic carbocycles. The predicted molar refractivity (Wildman–Crippen MR) is 84.8 cm³/mol. The van der Waals surface area contributed by atoms with Gasteiger partial charge in [-0.2, -0.15) is 0 Å². The van der Waals surface area contributed by atoms with Gasteiger partial charge in [-0.1, -0.05) is 57.2 Å². The third kappa shape index (κ3) is 4.07. The highest BCUT2D eigenvalue weighted by molar-refractivity contribution is 9.11. The van der Waals surface area contributed by atoms with Crippen molar-refractivity contribution in [3.05, 3.63) is 32.7 Å². The number of benzene rings is 1. The van der Waals surface area contributed by atoms with Crippen molar-refractivity contribution < 1.29 is 0 Å². The molecule has 0 saturated heterocycles. The van der Waals surface area contributed by atoms with E-state index in [4.69, 9.17) is 0 Å². The highest BCUT2D eigenvalue weighted by atomic mass is 79.9. The van der Waals surface area contributed by atoms with Crippen molar-refractivity contribution in [1.29, 1.82) is 0 Å². The molecular weight excluding hydrogens is 354 g/mol. The predicted octanol–water partition coefficient (Wildman–Crippen LogP) is 5.44. The topological polar surface area (TPSA) is 12.0 Å². The Hall–Kier alpha value is 0.140. The van der Waals surface area contributed by atoms with E-state index in [0.29, 0.717) is 6.04 Å². The molecule has 0 spiro atoms. The maximum Gasteiger partial charge on any atom is 0.0303 e. The minimum absolute atomic E-state index is 0.411. The molecule has 1 saturated carbocycles. The summed E-state index contributed by atoms with van der Waals surface area (Å²) in [7, 11) is 0. The molecule has 1 nitrogen and oxygen atoms in total. The van der Waals surface area contributed by atoms with Gasteiger partial charge in [-0.05, 0) is 49.9 Å². The zero-order chi connectivity index (χ0) is 13.0. The van der Waals surface area contributed by atoms with Crippen LogP contribution in [-0.2, 0) is 0 Å². The van der Waals surface area contributed by atoms with Crippen LogP contribution >= 0.6 is 31.9 Å². The Labute approximate surface area is 127 Å². The highest BCUT2D eigenvalue weighted by Crippen LogP contribution is 2.28. The smallest absolute Gasteiger partial charge is 0.0303 e. The second-order valence-corrected chi connectivity index (χ2v) is 7.07. The van der Waals surface area contributed by atoms with Crippen molar-refractivity contribution in [2.45, 2.75) is 45.1 Å². The van der Waals surface area contributed by atoms with Gasteiger partial charge in [0, 0.05) is 15.0 Å². The van der Waals surface area contributed by atoms with E-state index < -0.39 is 0 Å². The molecule has 0 amide bonds. The molecule has 1 atom stereocenters. The van der Waals surface area contributed by atoms with Crippen LogP contribution in [0.2, 0.25) is 0 Å². The summed E-state index contributed by atoms with van der Waals surface area (Å²) < 4.78 is 2.30. The SMILES string of the molecule is CC(NCC1CCCCC1)c1ccc(Br)cc1Br. The standard InChI is InChI=1S/C15H21Br2N/c1-11(14-8-7-13(16)9-15(14)17)18-10-12-5-3-2-4-6-12/h7-9,11-12,18H,2-6,10H2,1H3. The van der Waals surface area contributed by atoms with Crippen LogP contribution in [0.1, 0.15) is 50.6 Å². The molecule has 0 aliphatic heterocycles. The van der Waals surface area contributed by atoms with Gasteiger partial charge in [0.1, 0.15) is 0 Å². The van der Waals surface area contributed by atoms with E-state index in [1.807, 2.05) is 0 Å². The summed E-state index contributed by atoms with van der Waals surface area (Å²) in [5.74, 6) is 0.885. The van der Waals surface area contributed by atoms with E-state index in [0.717, 1.165) is 16.9 Å². The van der Waals surface area contributed by atoms with Crippen molar-refractivity contribution in [3.8, 4) is 0 Å². The monoisotopic (exact) mass is 373 g/mol. The van der Waals surface area contributed by atoms with Crippen LogP contribution < -0.4 is 5.32 Å². The molecule has 1 aliphatic rings. The maximum absolute atomic E-state index is 3.68. The van der Waals surface area contributed by atoms with Crippen LogP contribution in [0.4, 0.5) is 0 Å². The van der Waals surface area contributed by atoms with Crippen LogP contribution in [0.5, 0.6) is 0 Å². The maximum atomic E-state index is 3.68. The van der Waals surface area contributed by atoms with Gasteiger partial charge < -0.3 is 5.32 Å². The Balaban J connectivity index is 1.88. The van der Waals surface area contributed by atoms with Gasteiger partial charge in [-0.25, -0.2) is 0 Å². The Bertz CT molecular complexity index is 386. The van der Waals surface area contributed by atoms with Gasteiger partial charge in [-0.3, -0.25) is 0 Å². The molecule has 100 valence electrons. The number of halogens is 2. The fourth-order valence-electron chi connectivity index (χ4n) is 2.70. The first-order valence-electron chi connectivity index (χ1n) is 6.85. The van der Waals surface area contributed by atoms with E-state index in [1.165, 1.54) is 42.1 Å². The van der Waals surface area contributed by atoms with Crippen molar-refractivity contribution >= 4 is 31.9 Å². The van der Waals surface area contributed by atoms with Crippen molar-refractivity contribution in [2.24, 2.45) is 5.92 Å². The van der Waals surface area contributed by atoms with E-state index in [1.54, 1.807) is 0 Å². The number of hydrogen-bond acceptors (Lipinski definition) is 1. The highest BCUT2D eigenvalue weighted by Gasteiger charge is 2.15. The summed E-state index contributed by atoms with van der Waals surface area (Å²) >= 11 is 7.14. The second kappa shape index (κ2) is 7.06. The number of nitrogens with one attached hydrogen (secondary N) is 1. The Morgan fingerprint density at radius 2 is 1.94 bits per heavy atom. The zero-order valence-corrected chi connectivity index (χ0v) is 14.1. The molecule has 1 aromatic carbocycles. The quantitative estimate of drug-likeness (QED) is 0.739. The van der Waals surface area contributed by atoms with Gasteiger partial charge in [0.05, 0.1) is 0 Å². The lowest BCUT2D eigenvalue weighted by atomic mass is 9.89. The van der Waals surface area contributed by atoms with E-state index in [-0.39, 0.29) is 0 Å². The lowest BCUT2D eigenvalue weighted by molar-refractivity contribution is 0.331. The third-order valence-corrected chi connectivity index (χ3v) is 5.05. The van der Waals surface area contributed by atoms with Crippen LogP contribution in [-0.4, -0.2) is 6.54 Å². The Morgan fingerprint density at radius 1 is 1.22 bits per heavy atom. The molecule has 0 bridgehead atoms. The van der Waals surface area contributed by atoms with Gasteiger partial charge in [0.25, 0.3) is 0 Å². The Kier molecular flexibility index (Phi) is 5.71. The molecule has 1 fully saturated rings. The zero-order valence-electron chi connectivity index (χ0n) is 10.9. The summed E-state index contributed by atoms with van der Waals surface area (Å²) in [5, 5.41) is 3.68.